The summed E-state index contributed by atoms with van der Waals surface area (Å²) in [4.78, 5) is 6.71. The quantitative estimate of drug-likeness (QED) is 0.783. The van der Waals surface area contributed by atoms with Gasteiger partial charge in [-0.1, -0.05) is 11.6 Å². The zero-order valence-electron chi connectivity index (χ0n) is 12.6. The minimum atomic E-state index is 0.213. The number of rotatable bonds is 2. The fourth-order valence-corrected chi connectivity index (χ4v) is 2.84. The van der Waals surface area contributed by atoms with E-state index in [4.69, 9.17) is 0 Å². The number of aromatic nitrogens is 3. The van der Waals surface area contributed by atoms with Gasteiger partial charge in [-0.3, -0.25) is 5.10 Å². The SMILES string of the molecule is Cc1ccc(O)c(-c2nc(N3CC(C)NC(C)C3)n[nH]2)c1. The molecule has 0 spiro atoms. The molecular weight excluding hydrogens is 266 g/mol. The number of benzene rings is 1. The summed E-state index contributed by atoms with van der Waals surface area (Å²) in [5.41, 5.74) is 1.76. The molecule has 6 heteroatoms. The fourth-order valence-electron chi connectivity index (χ4n) is 2.84. The number of hydrogen-bond donors (Lipinski definition) is 3. The van der Waals surface area contributed by atoms with E-state index in [2.05, 4.69) is 39.2 Å². The first-order chi connectivity index (χ1) is 10.0. The number of piperazine rings is 1. The number of hydrogen-bond acceptors (Lipinski definition) is 5. The lowest BCUT2D eigenvalue weighted by Gasteiger charge is -2.35. The Balaban J connectivity index is 1.88. The zero-order chi connectivity index (χ0) is 15.0. The van der Waals surface area contributed by atoms with Crippen LogP contribution in [0.5, 0.6) is 5.75 Å². The van der Waals surface area contributed by atoms with E-state index >= 15 is 0 Å². The molecule has 2 unspecified atom stereocenters. The molecular formula is C15H21N5O. The van der Waals surface area contributed by atoms with E-state index in [1.54, 1.807) is 6.07 Å². The first-order valence-corrected chi connectivity index (χ1v) is 7.26. The van der Waals surface area contributed by atoms with E-state index in [0.29, 0.717) is 29.4 Å². The summed E-state index contributed by atoms with van der Waals surface area (Å²) in [6.07, 6.45) is 0. The van der Waals surface area contributed by atoms with E-state index in [0.717, 1.165) is 18.7 Å². The minimum Gasteiger partial charge on any atom is -0.507 e. The Morgan fingerprint density at radius 1 is 1.24 bits per heavy atom. The number of phenols is 1. The van der Waals surface area contributed by atoms with Crippen molar-refractivity contribution in [3.8, 4) is 17.1 Å². The largest absolute Gasteiger partial charge is 0.507 e. The molecule has 2 atom stereocenters. The Kier molecular flexibility index (Phi) is 3.55. The van der Waals surface area contributed by atoms with Gasteiger partial charge in [0.05, 0.1) is 5.56 Å². The lowest BCUT2D eigenvalue weighted by atomic mass is 10.1. The monoisotopic (exact) mass is 287 g/mol. The Labute approximate surface area is 124 Å². The average molecular weight is 287 g/mol. The zero-order valence-corrected chi connectivity index (χ0v) is 12.6. The molecule has 1 fully saturated rings. The van der Waals surface area contributed by atoms with Crippen molar-refractivity contribution in [3.63, 3.8) is 0 Å². The van der Waals surface area contributed by atoms with Crippen molar-refractivity contribution in [1.29, 1.82) is 0 Å². The number of aromatic amines is 1. The maximum absolute atomic E-state index is 9.98. The summed E-state index contributed by atoms with van der Waals surface area (Å²) in [5, 5.41) is 20.7. The van der Waals surface area contributed by atoms with Gasteiger partial charge in [0.2, 0.25) is 5.95 Å². The fraction of sp³-hybridized carbons (Fsp3) is 0.467. The molecule has 1 saturated heterocycles. The first-order valence-electron chi connectivity index (χ1n) is 7.26. The summed E-state index contributed by atoms with van der Waals surface area (Å²) in [6.45, 7) is 8.05. The highest BCUT2D eigenvalue weighted by Gasteiger charge is 2.24. The Morgan fingerprint density at radius 2 is 1.95 bits per heavy atom. The molecule has 0 aliphatic carbocycles. The Bertz CT molecular complexity index is 629. The normalized spacial score (nSPS) is 22.5. The van der Waals surface area contributed by atoms with E-state index in [9.17, 15) is 5.11 Å². The third kappa shape index (κ3) is 2.85. The maximum atomic E-state index is 9.98. The first kappa shape index (κ1) is 13.9. The summed E-state index contributed by atoms with van der Waals surface area (Å²) in [5.74, 6) is 1.50. The average Bonchev–Trinajstić information content (AvgIpc) is 2.90. The van der Waals surface area contributed by atoms with Crippen LogP contribution in [0, 0.1) is 6.92 Å². The number of phenolic OH excluding ortho intramolecular Hbond substituents is 1. The van der Waals surface area contributed by atoms with E-state index in [-0.39, 0.29) is 5.75 Å². The Hall–Kier alpha value is -2.08. The van der Waals surface area contributed by atoms with Crippen LogP contribution in [0.4, 0.5) is 5.95 Å². The minimum absolute atomic E-state index is 0.213. The van der Waals surface area contributed by atoms with Gasteiger partial charge in [-0.05, 0) is 32.9 Å². The molecule has 2 heterocycles. The number of H-pyrrole nitrogens is 1. The second-order valence-electron chi connectivity index (χ2n) is 5.88. The van der Waals surface area contributed by atoms with Gasteiger partial charge in [0.1, 0.15) is 5.75 Å². The molecule has 1 aliphatic heterocycles. The molecule has 2 aromatic rings. The van der Waals surface area contributed by atoms with E-state index in [1.807, 2.05) is 19.1 Å². The third-order valence-electron chi connectivity index (χ3n) is 3.72. The van der Waals surface area contributed by atoms with Crippen molar-refractivity contribution in [2.24, 2.45) is 0 Å². The van der Waals surface area contributed by atoms with Gasteiger partial charge in [0.15, 0.2) is 5.82 Å². The molecule has 3 N–H and O–H groups in total. The highest BCUT2D eigenvalue weighted by atomic mass is 16.3. The molecule has 21 heavy (non-hydrogen) atoms. The van der Waals surface area contributed by atoms with Crippen LogP contribution in [0.15, 0.2) is 18.2 Å². The lowest BCUT2D eigenvalue weighted by Crippen LogP contribution is -2.54. The maximum Gasteiger partial charge on any atom is 0.245 e. The smallest absolute Gasteiger partial charge is 0.245 e. The molecule has 0 saturated carbocycles. The van der Waals surface area contributed by atoms with Gasteiger partial charge in [-0.2, -0.15) is 4.98 Å². The molecule has 0 radical (unpaired) electrons. The van der Waals surface area contributed by atoms with Crippen molar-refractivity contribution in [3.05, 3.63) is 23.8 Å². The van der Waals surface area contributed by atoms with Crippen molar-refractivity contribution in [1.82, 2.24) is 20.5 Å². The van der Waals surface area contributed by atoms with Gasteiger partial charge < -0.3 is 15.3 Å². The van der Waals surface area contributed by atoms with Gasteiger partial charge >= 0.3 is 0 Å². The summed E-state index contributed by atoms with van der Waals surface area (Å²) >= 11 is 0. The predicted octanol–water partition coefficient (Wildman–Crippen LogP) is 1.67. The van der Waals surface area contributed by atoms with Crippen LogP contribution in [0.3, 0.4) is 0 Å². The molecule has 1 aromatic carbocycles. The highest BCUT2D eigenvalue weighted by Crippen LogP contribution is 2.28. The third-order valence-corrected chi connectivity index (χ3v) is 3.72. The molecule has 1 aliphatic rings. The van der Waals surface area contributed by atoms with E-state index in [1.165, 1.54) is 0 Å². The summed E-state index contributed by atoms with van der Waals surface area (Å²) in [6, 6.07) is 6.27. The van der Waals surface area contributed by atoms with Crippen LogP contribution in [0.2, 0.25) is 0 Å². The standard InChI is InChI=1S/C15H21N5O/c1-9-4-5-13(21)12(6-9)14-17-15(19-18-14)20-7-10(2)16-11(3)8-20/h4-6,10-11,16,21H,7-8H2,1-3H3,(H,17,18,19). The van der Waals surface area contributed by atoms with Crippen LogP contribution < -0.4 is 10.2 Å². The number of nitrogens with zero attached hydrogens (tertiary/aromatic N) is 3. The van der Waals surface area contributed by atoms with Crippen LogP contribution in [-0.2, 0) is 0 Å². The molecule has 0 bridgehead atoms. The molecule has 1 aromatic heterocycles. The molecule has 0 amide bonds. The second-order valence-corrected chi connectivity index (χ2v) is 5.88. The summed E-state index contributed by atoms with van der Waals surface area (Å²) in [7, 11) is 0. The van der Waals surface area contributed by atoms with Crippen molar-refractivity contribution in [2.45, 2.75) is 32.9 Å². The number of aromatic hydroxyl groups is 1. The van der Waals surface area contributed by atoms with Crippen LogP contribution >= 0.6 is 0 Å². The number of anilines is 1. The van der Waals surface area contributed by atoms with Gasteiger partial charge in [0, 0.05) is 25.2 Å². The second kappa shape index (κ2) is 5.37. The lowest BCUT2D eigenvalue weighted by molar-refractivity contribution is 0.403. The van der Waals surface area contributed by atoms with Gasteiger partial charge in [-0.15, -0.1) is 5.10 Å². The van der Waals surface area contributed by atoms with Crippen LogP contribution in [-0.4, -0.2) is 45.5 Å². The predicted molar refractivity (Wildman–Crippen MR) is 82.5 cm³/mol. The van der Waals surface area contributed by atoms with Gasteiger partial charge in [0.25, 0.3) is 0 Å². The van der Waals surface area contributed by atoms with Crippen molar-refractivity contribution >= 4 is 5.95 Å². The highest BCUT2D eigenvalue weighted by molar-refractivity contribution is 5.65. The molecule has 6 nitrogen and oxygen atoms in total. The number of nitrogens with one attached hydrogen (secondary N) is 2. The van der Waals surface area contributed by atoms with Crippen LogP contribution in [0.1, 0.15) is 19.4 Å². The van der Waals surface area contributed by atoms with E-state index < -0.39 is 0 Å². The number of aryl methyl sites for hydroxylation is 1. The van der Waals surface area contributed by atoms with Gasteiger partial charge in [-0.25, -0.2) is 0 Å². The van der Waals surface area contributed by atoms with Crippen molar-refractivity contribution in [2.75, 3.05) is 18.0 Å². The summed E-state index contributed by atoms with van der Waals surface area (Å²) < 4.78 is 0. The molecule has 112 valence electrons. The van der Waals surface area contributed by atoms with Crippen molar-refractivity contribution < 1.29 is 5.11 Å². The Morgan fingerprint density at radius 3 is 2.67 bits per heavy atom. The topological polar surface area (TPSA) is 77.1 Å². The molecule has 3 rings (SSSR count). The van der Waals surface area contributed by atoms with Crippen LogP contribution in [0.25, 0.3) is 11.4 Å².